The van der Waals surface area contributed by atoms with Crippen molar-refractivity contribution in [3.8, 4) is 0 Å². The summed E-state index contributed by atoms with van der Waals surface area (Å²) in [6.07, 6.45) is 2.55. The molecule has 4 heteroatoms. The van der Waals surface area contributed by atoms with Crippen LogP contribution in [0.25, 0.3) is 10.9 Å². The molecule has 2 aromatic rings. The van der Waals surface area contributed by atoms with E-state index in [1.165, 1.54) is 12.8 Å². The van der Waals surface area contributed by atoms with Crippen LogP contribution in [0.2, 0.25) is 0 Å². The third-order valence-electron chi connectivity index (χ3n) is 4.57. The van der Waals surface area contributed by atoms with E-state index in [0.29, 0.717) is 0 Å². The highest BCUT2D eigenvalue weighted by Gasteiger charge is 2.21. The van der Waals surface area contributed by atoms with Crippen LogP contribution in [0.5, 0.6) is 0 Å². The van der Waals surface area contributed by atoms with Crippen molar-refractivity contribution >= 4 is 22.7 Å². The Morgan fingerprint density at radius 1 is 1.18 bits per heavy atom. The monoisotopic (exact) mass is 298 g/mol. The Hall–Kier alpha value is -1.84. The first-order chi connectivity index (χ1) is 10.7. The maximum atomic E-state index is 4.94. The lowest BCUT2D eigenvalue weighted by Gasteiger charge is -2.32. The zero-order chi connectivity index (χ0) is 15.5. The van der Waals surface area contributed by atoms with Crippen molar-refractivity contribution < 1.29 is 0 Å². The van der Waals surface area contributed by atoms with Crippen LogP contribution in [0.1, 0.15) is 33.6 Å². The zero-order valence-electron chi connectivity index (χ0n) is 13.9. The normalized spacial score (nSPS) is 18.7. The molecule has 0 aliphatic carbocycles. The Kier molecular flexibility index (Phi) is 4.46. The molecule has 0 spiro atoms. The second-order valence-corrected chi connectivity index (χ2v) is 6.23. The molecule has 0 N–H and O–H groups in total. The van der Waals surface area contributed by atoms with Crippen molar-refractivity contribution in [1.82, 2.24) is 9.97 Å². The van der Waals surface area contributed by atoms with Crippen molar-refractivity contribution in [1.29, 1.82) is 0 Å². The van der Waals surface area contributed by atoms with Gasteiger partial charge >= 0.3 is 0 Å². The van der Waals surface area contributed by atoms with Gasteiger partial charge in [0, 0.05) is 31.6 Å². The van der Waals surface area contributed by atoms with Crippen molar-refractivity contribution in [3.63, 3.8) is 0 Å². The van der Waals surface area contributed by atoms with Gasteiger partial charge in [-0.3, -0.25) is 0 Å². The molecule has 0 amide bonds. The first kappa shape index (κ1) is 15.1. The number of piperidine rings is 1. The first-order valence-electron chi connectivity index (χ1n) is 8.49. The number of aromatic nitrogens is 2. The summed E-state index contributed by atoms with van der Waals surface area (Å²) in [4.78, 5) is 14.4. The fourth-order valence-corrected chi connectivity index (χ4v) is 3.32. The molecule has 118 valence electrons. The van der Waals surface area contributed by atoms with Gasteiger partial charge in [-0.2, -0.15) is 4.98 Å². The Labute approximate surface area is 133 Å². The molecule has 22 heavy (non-hydrogen) atoms. The molecule has 3 rings (SSSR count). The van der Waals surface area contributed by atoms with Crippen LogP contribution in [0.15, 0.2) is 24.3 Å². The lowest BCUT2D eigenvalue weighted by molar-refractivity contribution is 0.442. The molecule has 2 heterocycles. The molecule has 0 unspecified atom stereocenters. The number of fused-ring (bicyclic) bond motifs is 1. The molecule has 1 aliphatic heterocycles. The Morgan fingerprint density at radius 3 is 2.68 bits per heavy atom. The van der Waals surface area contributed by atoms with Gasteiger partial charge in [0.05, 0.1) is 5.52 Å². The minimum absolute atomic E-state index is 0.723. The van der Waals surface area contributed by atoms with E-state index in [4.69, 9.17) is 9.97 Å². The summed E-state index contributed by atoms with van der Waals surface area (Å²) in [5.41, 5.74) is 1.05. The van der Waals surface area contributed by atoms with Gasteiger partial charge in [0.1, 0.15) is 5.82 Å². The average Bonchev–Trinajstić information content (AvgIpc) is 2.55. The molecule has 0 radical (unpaired) electrons. The van der Waals surface area contributed by atoms with Crippen molar-refractivity contribution in [3.05, 3.63) is 24.3 Å². The van der Waals surface area contributed by atoms with Gasteiger partial charge in [0.2, 0.25) is 5.95 Å². The fraction of sp³-hybridized carbons (Fsp3) is 0.556. The smallest absolute Gasteiger partial charge is 0.227 e. The van der Waals surface area contributed by atoms with E-state index in [1.807, 2.05) is 0 Å². The summed E-state index contributed by atoms with van der Waals surface area (Å²) in [7, 11) is 0. The Bertz CT molecular complexity index is 636. The standard InChI is InChI=1S/C18H26N4/c1-4-21(5-2)17-15-10-6-7-11-16(15)19-18(20-17)22-12-8-9-14(3)13-22/h6-7,10-11,14H,4-5,8-9,12-13H2,1-3H3/t14-/m0/s1. The molecule has 1 aromatic carbocycles. The number of anilines is 2. The molecule has 1 fully saturated rings. The molecule has 1 aliphatic rings. The predicted octanol–water partition coefficient (Wildman–Crippen LogP) is 3.71. The summed E-state index contributed by atoms with van der Waals surface area (Å²) in [5, 5.41) is 1.15. The average molecular weight is 298 g/mol. The van der Waals surface area contributed by atoms with Gasteiger partial charge in [-0.15, -0.1) is 0 Å². The lowest BCUT2D eigenvalue weighted by Crippen LogP contribution is -2.36. The van der Waals surface area contributed by atoms with E-state index >= 15 is 0 Å². The van der Waals surface area contributed by atoms with Crippen LogP contribution in [-0.2, 0) is 0 Å². The highest BCUT2D eigenvalue weighted by molar-refractivity contribution is 5.90. The van der Waals surface area contributed by atoms with E-state index in [2.05, 4.69) is 54.8 Å². The van der Waals surface area contributed by atoms with Gasteiger partial charge in [-0.25, -0.2) is 4.98 Å². The number of nitrogens with zero attached hydrogens (tertiary/aromatic N) is 4. The maximum absolute atomic E-state index is 4.94. The molecular weight excluding hydrogens is 272 g/mol. The number of benzene rings is 1. The summed E-state index contributed by atoms with van der Waals surface area (Å²) < 4.78 is 0. The van der Waals surface area contributed by atoms with E-state index in [1.54, 1.807) is 0 Å². The second-order valence-electron chi connectivity index (χ2n) is 6.23. The van der Waals surface area contributed by atoms with E-state index in [0.717, 1.165) is 54.8 Å². The number of hydrogen-bond donors (Lipinski definition) is 0. The summed E-state index contributed by atoms with van der Waals surface area (Å²) in [5.74, 6) is 2.69. The van der Waals surface area contributed by atoms with Crippen LogP contribution >= 0.6 is 0 Å². The minimum atomic E-state index is 0.723. The molecule has 4 nitrogen and oxygen atoms in total. The second kappa shape index (κ2) is 6.51. The zero-order valence-corrected chi connectivity index (χ0v) is 13.9. The number of hydrogen-bond acceptors (Lipinski definition) is 4. The molecule has 1 saturated heterocycles. The number of para-hydroxylation sites is 1. The third-order valence-corrected chi connectivity index (χ3v) is 4.57. The highest BCUT2D eigenvalue weighted by Crippen LogP contribution is 2.28. The maximum Gasteiger partial charge on any atom is 0.227 e. The molecule has 1 atom stereocenters. The third kappa shape index (κ3) is 2.87. The predicted molar refractivity (Wildman–Crippen MR) is 93.7 cm³/mol. The summed E-state index contributed by atoms with van der Waals surface area (Å²) in [6.45, 7) is 10.8. The minimum Gasteiger partial charge on any atom is -0.356 e. The number of rotatable bonds is 4. The van der Waals surface area contributed by atoms with Crippen LogP contribution in [-0.4, -0.2) is 36.1 Å². The molecule has 0 bridgehead atoms. The highest BCUT2D eigenvalue weighted by atomic mass is 15.3. The van der Waals surface area contributed by atoms with Gasteiger partial charge in [0.15, 0.2) is 0 Å². The Balaban J connectivity index is 2.07. The fourth-order valence-electron chi connectivity index (χ4n) is 3.32. The van der Waals surface area contributed by atoms with E-state index in [9.17, 15) is 0 Å². The summed E-state index contributed by atoms with van der Waals surface area (Å²) in [6, 6.07) is 8.36. The van der Waals surface area contributed by atoms with Crippen molar-refractivity contribution in [2.45, 2.75) is 33.6 Å². The topological polar surface area (TPSA) is 32.3 Å². The van der Waals surface area contributed by atoms with Crippen molar-refractivity contribution in [2.24, 2.45) is 5.92 Å². The van der Waals surface area contributed by atoms with Gasteiger partial charge < -0.3 is 9.80 Å². The van der Waals surface area contributed by atoms with Crippen LogP contribution < -0.4 is 9.80 Å². The van der Waals surface area contributed by atoms with Gasteiger partial charge in [0.25, 0.3) is 0 Å². The van der Waals surface area contributed by atoms with Crippen LogP contribution in [0, 0.1) is 5.92 Å². The molecular formula is C18H26N4. The van der Waals surface area contributed by atoms with E-state index in [-0.39, 0.29) is 0 Å². The summed E-state index contributed by atoms with van der Waals surface area (Å²) >= 11 is 0. The molecule has 1 aromatic heterocycles. The first-order valence-corrected chi connectivity index (χ1v) is 8.49. The van der Waals surface area contributed by atoms with Crippen LogP contribution in [0.3, 0.4) is 0 Å². The quantitative estimate of drug-likeness (QED) is 0.861. The van der Waals surface area contributed by atoms with Crippen molar-refractivity contribution in [2.75, 3.05) is 36.0 Å². The van der Waals surface area contributed by atoms with Gasteiger partial charge in [-0.1, -0.05) is 19.1 Å². The van der Waals surface area contributed by atoms with Gasteiger partial charge in [-0.05, 0) is 44.7 Å². The van der Waals surface area contributed by atoms with Crippen LogP contribution in [0.4, 0.5) is 11.8 Å². The molecule has 0 saturated carbocycles. The SMILES string of the molecule is CCN(CC)c1nc(N2CCC[C@H](C)C2)nc2ccccc12. The lowest BCUT2D eigenvalue weighted by atomic mass is 10.0. The Morgan fingerprint density at radius 2 is 1.95 bits per heavy atom. The largest absolute Gasteiger partial charge is 0.356 e. The van der Waals surface area contributed by atoms with E-state index < -0.39 is 0 Å².